The number of nitrogens with zero attached hydrogens (tertiary/aromatic N) is 3. The summed E-state index contributed by atoms with van der Waals surface area (Å²) in [5.74, 6) is -0.0356. The van der Waals surface area contributed by atoms with Crippen molar-refractivity contribution in [2.45, 2.75) is 19.8 Å². The lowest BCUT2D eigenvalue weighted by atomic mass is 10.1. The molecule has 0 N–H and O–H groups in total. The Hall–Kier alpha value is -1.62. The molecule has 0 atom stereocenters. The SMILES string of the molecule is CCCc1nnsc1C(=O)c1cccnc1. The molecule has 0 saturated heterocycles. The van der Waals surface area contributed by atoms with Crippen molar-refractivity contribution in [2.75, 3.05) is 0 Å². The smallest absolute Gasteiger partial charge is 0.208 e. The highest BCUT2D eigenvalue weighted by Gasteiger charge is 2.17. The highest BCUT2D eigenvalue weighted by molar-refractivity contribution is 7.08. The lowest BCUT2D eigenvalue weighted by Gasteiger charge is -1.98. The normalized spacial score (nSPS) is 10.3. The van der Waals surface area contributed by atoms with E-state index in [1.165, 1.54) is 0 Å². The van der Waals surface area contributed by atoms with Gasteiger partial charge in [0.05, 0.1) is 5.69 Å². The van der Waals surface area contributed by atoms with E-state index in [-0.39, 0.29) is 5.78 Å². The Morgan fingerprint density at radius 3 is 3.06 bits per heavy atom. The van der Waals surface area contributed by atoms with E-state index >= 15 is 0 Å². The van der Waals surface area contributed by atoms with E-state index in [1.807, 2.05) is 0 Å². The first-order valence-electron chi connectivity index (χ1n) is 5.09. The highest BCUT2D eigenvalue weighted by Crippen LogP contribution is 2.17. The Bertz CT molecular complexity index is 481. The maximum absolute atomic E-state index is 12.1. The largest absolute Gasteiger partial charge is 0.287 e. The molecule has 2 rings (SSSR count). The van der Waals surface area contributed by atoms with E-state index < -0.39 is 0 Å². The third-order valence-electron chi connectivity index (χ3n) is 2.17. The van der Waals surface area contributed by atoms with Gasteiger partial charge in [-0.2, -0.15) is 0 Å². The van der Waals surface area contributed by atoms with Gasteiger partial charge in [-0.1, -0.05) is 17.8 Å². The van der Waals surface area contributed by atoms with Crippen LogP contribution >= 0.6 is 11.5 Å². The molecule has 0 saturated carbocycles. The second kappa shape index (κ2) is 4.94. The van der Waals surface area contributed by atoms with Crippen molar-refractivity contribution >= 4 is 17.3 Å². The average molecular weight is 233 g/mol. The molecule has 2 aromatic rings. The molecule has 2 aromatic heterocycles. The van der Waals surface area contributed by atoms with Crippen molar-refractivity contribution in [3.8, 4) is 0 Å². The number of ketones is 1. The second-order valence-electron chi connectivity index (χ2n) is 3.37. The van der Waals surface area contributed by atoms with Gasteiger partial charge >= 0.3 is 0 Å². The van der Waals surface area contributed by atoms with Gasteiger partial charge in [0, 0.05) is 18.0 Å². The maximum Gasteiger partial charge on any atom is 0.208 e. The van der Waals surface area contributed by atoms with Gasteiger partial charge in [0.2, 0.25) is 5.78 Å². The first-order valence-corrected chi connectivity index (χ1v) is 5.86. The average Bonchev–Trinajstić information content (AvgIpc) is 2.78. The fraction of sp³-hybridized carbons (Fsp3) is 0.273. The first kappa shape index (κ1) is 10.9. The molecule has 0 spiro atoms. The van der Waals surface area contributed by atoms with Gasteiger partial charge in [-0.25, -0.2) is 0 Å². The minimum Gasteiger partial charge on any atom is -0.287 e. The van der Waals surface area contributed by atoms with Gasteiger partial charge in [-0.05, 0) is 30.1 Å². The molecule has 0 aliphatic rings. The van der Waals surface area contributed by atoms with Crippen LogP contribution in [0.4, 0.5) is 0 Å². The van der Waals surface area contributed by atoms with Crippen molar-refractivity contribution < 1.29 is 4.79 Å². The zero-order valence-corrected chi connectivity index (χ0v) is 9.70. The maximum atomic E-state index is 12.1. The summed E-state index contributed by atoms with van der Waals surface area (Å²) in [5.41, 5.74) is 1.38. The van der Waals surface area contributed by atoms with Crippen LogP contribution in [0.2, 0.25) is 0 Å². The van der Waals surface area contributed by atoms with Crippen LogP contribution in [-0.2, 0) is 6.42 Å². The summed E-state index contributed by atoms with van der Waals surface area (Å²) >= 11 is 1.15. The number of rotatable bonds is 4. The van der Waals surface area contributed by atoms with Gasteiger partial charge in [-0.15, -0.1) is 5.10 Å². The van der Waals surface area contributed by atoms with Crippen molar-refractivity contribution in [2.24, 2.45) is 0 Å². The molecule has 16 heavy (non-hydrogen) atoms. The predicted octanol–water partition coefficient (Wildman–Crippen LogP) is 2.12. The van der Waals surface area contributed by atoms with Crippen LogP contribution in [0.25, 0.3) is 0 Å². The van der Waals surface area contributed by atoms with Gasteiger partial charge in [0.1, 0.15) is 4.88 Å². The Labute approximate surface area is 97.5 Å². The number of aryl methyl sites for hydroxylation is 1. The summed E-state index contributed by atoms with van der Waals surface area (Å²) in [4.78, 5) is 16.7. The predicted molar refractivity (Wildman–Crippen MR) is 61.6 cm³/mol. The van der Waals surface area contributed by atoms with Gasteiger partial charge in [-0.3, -0.25) is 9.78 Å². The minimum atomic E-state index is -0.0356. The monoisotopic (exact) mass is 233 g/mol. The molecule has 5 heteroatoms. The molecule has 0 aliphatic heterocycles. The van der Waals surface area contributed by atoms with Gasteiger partial charge in [0.15, 0.2) is 0 Å². The van der Waals surface area contributed by atoms with Crippen molar-refractivity contribution in [1.82, 2.24) is 14.6 Å². The molecule has 0 fully saturated rings. The molecule has 2 heterocycles. The van der Waals surface area contributed by atoms with Gasteiger partial charge in [0.25, 0.3) is 0 Å². The van der Waals surface area contributed by atoms with Crippen molar-refractivity contribution in [1.29, 1.82) is 0 Å². The highest BCUT2D eigenvalue weighted by atomic mass is 32.1. The van der Waals surface area contributed by atoms with E-state index in [9.17, 15) is 4.79 Å². The molecule has 82 valence electrons. The van der Waals surface area contributed by atoms with Crippen LogP contribution in [0.15, 0.2) is 24.5 Å². The summed E-state index contributed by atoms with van der Waals surface area (Å²) in [6.07, 6.45) is 4.96. The molecule has 0 radical (unpaired) electrons. The number of carbonyl (C=O) groups is 1. The summed E-state index contributed by atoms with van der Waals surface area (Å²) in [7, 11) is 0. The van der Waals surface area contributed by atoms with Crippen molar-refractivity contribution in [3.05, 3.63) is 40.7 Å². The van der Waals surface area contributed by atoms with Crippen molar-refractivity contribution in [3.63, 3.8) is 0 Å². The topological polar surface area (TPSA) is 55.7 Å². The zero-order chi connectivity index (χ0) is 11.4. The number of aromatic nitrogens is 3. The van der Waals surface area contributed by atoms with Crippen LogP contribution in [0.1, 0.15) is 34.3 Å². The van der Waals surface area contributed by atoms with E-state index in [2.05, 4.69) is 21.5 Å². The van der Waals surface area contributed by atoms with Crippen LogP contribution in [0.5, 0.6) is 0 Å². The van der Waals surface area contributed by atoms with E-state index in [1.54, 1.807) is 24.5 Å². The Balaban J connectivity index is 2.31. The minimum absolute atomic E-state index is 0.0356. The first-order chi connectivity index (χ1) is 7.83. The van der Waals surface area contributed by atoms with Crippen LogP contribution in [0, 0.1) is 0 Å². The summed E-state index contributed by atoms with van der Waals surface area (Å²) in [5, 5.41) is 3.98. The van der Waals surface area contributed by atoms with Crippen LogP contribution in [0.3, 0.4) is 0 Å². The summed E-state index contributed by atoms with van der Waals surface area (Å²) < 4.78 is 3.84. The van der Waals surface area contributed by atoms with E-state index in [0.717, 1.165) is 30.1 Å². The quantitative estimate of drug-likeness (QED) is 0.759. The molecule has 0 aromatic carbocycles. The molecule has 0 bridgehead atoms. The molecule has 4 nitrogen and oxygen atoms in total. The number of pyridine rings is 1. The van der Waals surface area contributed by atoms with Crippen LogP contribution in [-0.4, -0.2) is 20.4 Å². The molecule has 0 amide bonds. The third kappa shape index (κ3) is 2.14. The fourth-order valence-corrected chi connectivity index (χ4v) is 2.08. The lowest BCUT2D eigenvalue weighted by molar-refractivity contribution is 0.104. The molecule has 0 unspecified atom stereocenters. The summed E-state index contributed by atoms with van der Waals surface area (Å²) in [6, 6.07) is 3.51. The Morgan fingerprint density at radius 1 is 1.50 bits per heavy atom. The number of hydrogen-bond acceptors (Lipinski definition) is 5. The standard InChI is InChI=1S/C11H11N3OS/c1-2-4-9-11(16-14-13-9)10(15)8-5-3-6-12-7-8/h3,5-7H,2,4H2,1H3. The Kier molecular flexibility index (Phi) is 3.36. The lowest BCUT2D eigenvalue weighted by Crippen LogP contribution is -2.03. The van der Waals surface area contributed by atoms with E-state index in [0.29, 0.717) is 10.4 Å². The van der Waals surface area contributed by atoms with Crippen LogP contribution < -0.4 is 0 Å². The molecular weight excluding hydrogens is 222 g/mol. The Morgan fingerprint density at radius 2 is 2.38 bits per heavy atom. The molecule has 0 aliphatic carbocycles. The number of carbonyl (C=O) groups excluding carboxylic acids is 1. The van der Waals surface area contributed by atoms with E-state index in [4.69, 9.17) is 0 Å². The molecular formula is C11H11N3OS. The van der Waals surface area contributed by atoms with Gasteiger partial charge < -0.3 is 0 Å². The fourth-order valence-electron chi connectivity index (χ4n) is 1.41. The third-order valence-corrected chi connectivity index (χ3v) is 2.94. The number of hydrogen-bond donors (Lipinski definition) is 0. The second-order valence-corrected chi connectivity index (χ2v) is 4.12. The summed E-state index contributed by atoms with van der Waals surface area (Å²) in [6.45, 7) is 2.05. The zero-order valence-electron chi connectivity index (χ0n) is 8.88.